The van der Waals surface area contributed by atoms with Crippen molar-refractivity contribution in [2.45, 2.75) is 6.92 Å². The molecule has 0 radical (unpaired) electrons. The van der Waals surface area contributed by atoms with Gasteiger partial charge in [-0.2, -0.15) is 5.10 Å². The third-order valence-corrected chi connectivity index (χ3v) is 4.65. The van der Waals surface area contributed by atoms with Gasteiger partial charge < -0.3 is 5.32 Å². The van der Waals surface area contributed by atoms with Crippen LogP contribution in [0.2, 0.25) is 5.02 Å². The number of hydrogen-bond donors (Lipinski definition) is 1. The standard InChI is InChI=1S/C20H15ClN4O3/c1-12-10-17(26)19(23-25(12)14-8-6-13(21)7-9-14)20(28)24-11-18(27)22-15-4-2-3-5-16(15)24/h2-10H,11H2,1H3,(H,22,27). The molecule has 28 heavy (non-hydrogen) atoms. The van der Waals surface area contributed by atoms with Crippen molar-refractivity contribution >= 4 is 34.8 Å². The number of anilines is 2. The highest BCUT2D eigenvalue weighted by Gasteiger charge is 2.30. The molecule has 0 atom stereocenters. The highest BCUT2D eigenvalue weighted by Crippen LogP contribution is 2.29. The fraction of sp³-hybridized carbons (Fsp3) is 0.100. The molecule has 0 saturated carbocycles. The van der Waals surface area contributed by atoms with E-state index in [9.17, 15) is 14.4 Å². The van der Waals surface area contributed by atoms with Crippen molar-refractivity contribution in [3.05, 3.63) is 81.2 Å². The van der Waals surface area contributed by atoms with Crippen molar-refractivity contribution in [2.75, 3.05) is 16.8 Å². The zero-order valence-corrected chi connectivity index (χ0v) is 15.6. The van der Waals surface area contributed by atoms with Crippen LogP contribution in [0.15, 0.2) is 59.4 Å². The maximum absolute atomic E-state index is 13.1. The van der Waals surface area contributed by atoms with Gasteiger partial charge in [0.2, 0.25) is 11.3 Å². The van der Waals surface area contributed by atoms with Gasteiger partial charge in [0.15, 0.2) is 5.69 Å². The molecule has 1 aliphatic heterocycles. The largest absolute Gasteiger partial charge is 0.323 e. The summed E-state index contributed by atoms with van der Waals surface area (Å²) in [5.41, 5.74) is 1.50. The van der Waals surface area contributed by atoms with E-state index in [1.165, 1.54) is 15.6 Å². The van der Waals surface area contributed by atoms with Gasteiger partial charge >= 0.3 is 0 Å². The lowest BCUT2D eigenvalue weighted by Gasteiger charge is -2.28. The van der Waals surface area contributed by atoms with Gasteiger partial charge in [0, 0.05) is 16.8 Å². The molecule has 7 nitrogen and oxygen atoms in total. The van der Waals surface area contributed by atoms with Crippen LogP contribution in [0, 0.1) is 6.92 Å². The number of nitrogens with zero attached hydrogens (tertiary/aromatic N) is 3. The normalized spacial score (nSPS) is 13.1. The lowest BCUT2D eigenvalue weighted by molar-refractivity contribution is -0.115. The van der Waals surface area contributed by atoms with E-state index < -0.39 is 11.3 Å². The van der Waals surface area contributed by atoms with Crippen LogP contribution in [-0.2, 0) is 4.79 Å². The van der Waals surface area contributed by atoms with Crippen LogP contribution in [0.5, 0.6) is 0 Å². The number of fused-ring (bicyclic) bond motifs is 1. The molecule has 140 valence electrons. The predicted octanol–water partition coefficient (Wildman–Crippen LogP) is 2.79. The Labute approximate surface area is 165 Å². The van der Waals surface area contributed by atoms with Crippen LogP contribution in [-0.4, -0.2) is 28.1 Å². The van der Waals surface area contributed by atoms with Gasteiger partial charge in [0.1, 0.15) is 6.54 Å². The van der Waals surface area contributed by atoms with Crippen molar-refractivity contribution in [2.24, 2.45) is 0 Å². The topological polar surface area (TPSA) is 84.3 Å². The molecule has 4 rings (SSSR count). The highest BCUT2D eigenvalue weighted by molar-refractivity contribution is 6.30. The molecule has 1 N–H and O–H groups in total. The van der Waals surface area contributed by atoms with Crippen molar-refractivity contribution in [3.63, 3.8) is 0 Å². The Morgan fingerprint density at radius 3 is 2.57 bits per heavy atom. The summed E-state index contributed by atoms with van der Waals surface area (Å²) in [6.07, 6.45) is 0. The molecule has 0 bridgehead atoms. The van der Waals surface area contributed by atoms with Gasteiger partial charge in [0.25, 0.3) is 5.91 Å². The second-order valence-corrected chi connectivity index (χ2v) is 6.78. The number of nitrogens with one attached hydrogen (secondary N) is 1. The molecule has 0 saturated heterocycles. The molecule has 0 aliphatic carbocycles. The maximum atomic E-state index is 13.1. The summed E-state index contributed by atoms with van der Waals surface area (Å²) in [5, 5.41) is 7.56. The molecule has 0 spiro atoms. The van der Waals surface area contributed by atoms with Gasteiger partial charge in [-0.05, 0) is 43.3 Å². The third kappa shape index (κ3) is 3.16. The van der Waals surface area contributed by atoms with Crippen LogP contribution in [0.25, 0.3) is 5.69 Å². The van der Waals surface area contributed by atoms with E-state index in [1.54, 1.807) is 55.5 Å². The summed E-state index contributed by atoms with van der Waals surface area (Å²) >= 11 is 5.93. The molecule has 0 unspecified atom stereocenters. The monoisotopic (exact) mass is 394 g/mol. The van der Waals surface area contributed by atoms with Crippen LogP contribution in [0.1, 0.15) is 16.2 Å². The molecule has 0 fully saturated rings. The highest BCUT2D eigenvalue weighted by atomic mass is 35.5. The van der Waals surface area contributed by atoms with Crippen LogP contribution >= 0.6 is 11.6 Å². The third-order valence-electron chi connectivity index (χ3n) is 4.40. The Morgan fingerprint density at radius 1 is 1.11 bits per heavy atom. The Morgan fingerprint density at radius 2 is 1.82 bits per heavy atom. The number of para-hydroxylation sites is 2. The fourth-order valence-corrected chi connectivity index (χ4v) is 3.21. The van der Waals surface area contributed by atoms with Crippen molar-refractivity contribution < 1.29 is 9.59 Å². The number of hydrogen-bond acceptors (Lipinski definition) is 4. The molecular formula is C20H15ClN4O3. The number of aromatic nitrogens is 2. The minimum absolute atomic E-state index is 0.189. The summed E-state index contributed by atoms with van der Waals surface area (Å²) in [5.74, 6) is -0.966. The number of benzene rings is 2. The van der Waals surface area contributed by atoms with Gasteiger partial charge in [-0.25, -0.2) is 4.68 Å². The summed E-state index contributed by atoms with van der Waals surface area (Å²) in [7, 11) is 0. The maximum Gasteiger partial charge on any atom is 0.283 e. The number of amides is 2. The number of aryl methyl sites for hydroxylation is 1. The van der Waals surface area contributed by atoms with Crippen LogP contribution in [0.4, 0.5) is 11.4 Å². The van der Waals surface area contributed by atoms with E-state index in [1.807, 2.05) is 0 Å². The smallest absolute Gasteiger partial charge is 0.283 e. The molecule has 1 aliphatic rings. The van der Waals surface area contributed by atoms with E-state index >= 15 is 0 Å². The van der Waals surface area contributed by atoms with Crippen molar-refractivity contribution in [3.8, 4) is 5.69 Å². The quantitative estimate of drug-likeness (QED) is 0.724. The van der Waals surface area contributed by atoms with Crippen molar-refractivity contribution in [1.29, 1.82) is 0 Å². The zero-order valence-electron chi connectivity index (χ0n) is 14.8. The summed E-state index contributed by atoms with van der Waals surface area (Å²) in [6.45, 7) is 1.53. The van der Waals surface area contributed by atoms with Gasteiger partial charge in [0.05, 0.1) is 17.1 Å². The second-order valence-electron chi connectivity index (χ2n) is 6.34. The molecule has 2 aromatic carbocycles. The van der Waals surface area contributed by atoms with Gasteiger partial charge in [-0.1, -0.05) is 23.7 Å². The molecule has 8 heteroatoms. The lowest BCUT2D eigenvalue weighted by atomic mass is 10.1. The van der Waals surface area contributed by atoms with Crippen LogP contribution in [0.3, 0.4) is 0 Å². The first-order valence-corrected chi connectivity index (χ1v) is 8.89. The minimum Gasteiger partial charge on any atom is -0.323 e. The van der Waals surface area contributed by atoms with E-state index in [4.69, 9.17) is 11.6 Å². The molecular weight excluding hydrogens is 380 g/mol. The predicted molar refractivity (Wildman–Crippen MR) is 106 cm³/mol. The van der Waals surface area contributed by atoms with Crippen LogP contribution < -0.4 is 15.6 Å². The van der Waals surface area contributed by atoms with Gasteiger partial charge in [-0.3, -0.25) is 19.3 Å². The van der Waals surface area contributed by atoms with E-state index in [0.717, 1.165) is 0 Å². The SMILES string of the molecule is Cc1cc(=O)c(C(=O)N2CC(=O)Nc3ccccc32)nn1-c1ccc(Cl)cc1. The minimum atomic E-state index is -0.630. The average molecular weight is 395 g/mol. The summed E-state index contributed by atoms with van der Waals surface area (Å²) < 4.78 is 1.50. The summed E-state index contributed by atoms with van der Waals surface area (Å²) in [4.78, 5) is 38.9. The number of halogens is 1. The molecule has 3 aromatic rings. The fourth-order valence-electron chi connectivity index (χ4n) is 3.08. The summed E-state index contributed by atoms with van der Waals surface area (Å²) in [6, 6.07) is 15.1. The average Bonchev–Trinajstić information content (AvgIpc) is 2.68. The first-order chi connectivity index (χ1) is 13.4. The first kappa shape index (κ1) is 17.9. The zero-order chi connectivity index (χ0) is 19.8. The van der Waals surface area contributed by atoms with E-state index in [-0.39, 0.29) is 18.1 Å². The number of carbonyl (C=O) groups is 2. The first-order valence-electron chi connectivity index (χ1n) is 8.52. The molecule has 2 heterocycles. The van der Waals surface area contributed by atoms with Crippen molar-refractivity contribution in [1.82, 2.24) is 9.78 Å². The van der Waals surface area contributed by atoms with Gasteiger partial charge in [-0.15, -0.1) is 0 Å². The molecule has 2 amide bonds. The van der Waals surface area contributed by atoms with E-state index in [0.29, 0.717) is 27.8 Å². The number of carbonyl (C=O) groups excluding carboxylic acids is 2. The molecule has 1 aromatic heterocycles. The Hall–Kier alpha value is -3.45. The van der Waals surface area contributed by atoms with E-state index in [2.05, 4.69) is 10.4 Å². The second kappa shape index (κ2) is 6.94. The Kier molecular flexibility index (Phi) is 4.44. The Bertz CT molecular complexity index is 1150. The lowest BCUT2D eigenvalue weighted by Crippen LogP contribution is -2.44. The Balaban J connectivity index is 1.80. The number of rotatable bonds is 2.